The van der Waals surface area contributed by atoms with E-state index in [2.05, 4.69) is 25.4 Å². The minimum absolute atomic E-state index is 0.0367. The standard InChI is InChI=1S/C36H37F2N5O5/c1-3-26(36-42-41-35(48-36)23-8-10-24(37)11-9-23)34(44)40-25-12-13-31(28(38)20-25)47-30-14-15-39-29-22-33(32(45-2)21-27(29)30)46-19-7-18-43-16-5-4-6-17-43/h8-15,20-22,26H,3-7,16-19H2,1-2H3,(H,40,44). The van der Waals surface area contributed by atoms with Crippen LogP contribution in [0.25, 0.3) is 22.4 Å². The van der Waals surface area contributed by atoms with E-state index in [9.17, 15) is 9.18 Å². The number of amides is 1. The molecule has 6 rings (SSSR count). The molecule has 1 saturated heterocycles. The predicted molar refractivity (Wildman–Crippen MR) is 177 cm³/mol. The Morgan fingerprint density at radius 2 is 1.77 bits per heavy atom. The summed E-state index contributed by atoms with van der Waals surface area (Å²) in [6.07, 6.45) is 6.66. The van der Waals surface area contributed by atoms with Crippen molar-refractivity contribution in [3.63, 3.8) is 0 Å². The monoisotopic (exact) mass is 657 g/mol. The molecule has 250 valence electrons. The molecular formula is C36H37F2N5O5. The van der Waals surface area contributed by atoms with Crippen LogP contribution in [0.15, 0.2) is 71.3 Å². The van der Waals surface area contributed by atoms with Gasteiger partial charge in [-0.1, -0.05) is 13.3 Å². The number of ether oxygens (including phenoxy) is 3. The average Bonchev–Trinajstić information content (AvgIpc) is 3.58. The van der Waals surface area contributed by atoms with Crippen molar-refractivity contribution in [2.24, 2.45) is 0 Å². The normalized spacial score (nSPS) is 14.1. The fourth-order valence-corrected chi connectivity index (χ4v) is 5.71. The number of carbonyl (C=O) groups excluding carboxylic acids is 1. The first-order chi connectivity index (χ1) is 23.4. The van der Waals surface area contributed by atoms with E-state index < -0.39 is 23.5 Å². The molecule has 0 aliphatic carbocycles. The van der Waals surface area contributed by atoms with Crippen LogP contribution in [0.3, 0.4) is 0 Å². The smallest absolute Gasteiger partial charge is 0.247 e. The van der Waals surface area contributed by atoms with Crippen LogP contribution in [0.1, 0.15) is 50.8 Å². The molecule has 48 heavy (non-hydrogen) atoms. The van der Waals surface area contributed by atoms with Gasteiger partial charge in [-0.3, -0.25) is 9.78 Å². The van der Waals surface area contributed by atoms with Crippen molar-refractivity contribution < 1.29 is 32.2 Å². The van der Waals surface area contributed by atoms with E-state index in [-0.39, 0.29) is 23.2 Å². The lowest BCUT2D eigenvalue weighted by Crippen LogP contribution is -2.31. The molecule has 5 aromatic rings. The summed E-state index contributed by atoms with van der Waals surface area (Å²) in [7, 11) is 1.57. The van der Waals surface area contributed by atoms with E-state index in [1.807, 2.05) is 0 Å². The Kier molecular flexibility index (Phi) is 10.4. The summed E-state index contributed by atoms with van der Waals surface area (Å²) in [6.45, 7) is 5.63. The Hall–Kier alpha value is -5.10. The van der Waals surface area contributed by atoms with Crippen LogP contribution >= 0.6 is 0 Å². The van der Waals surface area contributed by atoms with Crippen LogP contribution in [-0.4, -0.2) is 59.3 Å². The third kappa shape index (κ3) is 7.71. The highest BCUT2D eigenvalue weighted by Crippen LogP contribution is 2.38. The highest BCUT2D eigenvalue weighted by molar-refractivity contribution is 5.95. The zero-order chi connectivity index (χ0) is 33.5. The molecule has 1 fully saturated rings. The second-order valence-corrected chi connectivity index (χ2v) is 11.6. The number of methoxy groups -OCH3 is 1. The van der Waals surface area contributed by atoms with E-state index in [0.717, 1.165) is 26.1 Å². The Morgan fingerprint density at radius 1 is 0.958 bits per heavy atom. The molecule has 12 heteroatoms. The van der Waals surface area contributed by atoms with Crippen molar-refractivity contribution in [3.8, 4) is 34.5 Å². The fourth-order valence-electron chi connectivity index (χ4n) is 5.71. The summed E-state index contributed by atoms with van der Waals surface area (Å²) in [6, 6.07) is 15.0. The largest absolute Gasteiger partial charge is 0.493 e. The van der Waals surface area contributed by atoms with Crippen LogP contribution in [0.5, 0.6) is 23.0 Å². The highest BCUT2D eigenvalue weighted by atomic mass is 19.1. The number of hydrogen-bond acceptors (Lipinski definition) is 9. The maximum Gasteiger partial charge on any atom is 0.247 e. The molecule has 1 aliphatic heterocycles. The van der Waals surface area contributed by atoms with Gasteiger partial charge in [0.1, 0.15) is 17.5 Å². The lowest BCUT2D eigenvalue weighted by Gasteiger charge is -2.26. The lowest BCUT2D eigenvalue weighted by molar-refractivity contribution is -0.118. The molecule has 1 amide bonds. The summed E-state index contributed by atoms with van der Waals surface area (Å²) >= 11 is 0. The van der Waals surface area contributed by atoms with E-state index in [1.54, 1.807) is 44.5 Å². The van der Waals surface area contributed by atoms with E-state index in [4.69, 9.17) is 18.6 Å². The summed E-state index contributed by atoms with van der Waals surface area (Å²) in [4.78, 5) is 20.1. The number of nitrogens with zero attached hydrogens (tertiary/aromatic N) is 4. The SMILES string of the molecule is CCC(C(=O)Nc1ccc(Oc2ccnc3cc(OCCCN4CCCCC4)c(OC)cc23)c(F)c1)c1nnc(-c2ccc(F)cc2)o1. The molecule has 3 aromatic carbocycles. The summed E-state index contributed by atoms with van der Waals surface area (Å²) in [5.41, 5.74) is 1.36. The molecule has 10 nitrogen and oxygen atoms in total. The van der Waals surface area contributed by atoms with Gasteiger partial charge in [0.25, 0.3) is 0 Å². The van der Waals surface area contributed by atoms with Crippen molar-refractivity contribution in [1.29, 1.82) is 0 Å². The molecule has 0 saturated carbocycles. The second kappa shape index (κ2) is 15.2. The Labute approximate surface area is 277 Å². The molecule has 0 radical (unpaired) electrons. The van der Waals surface area contributed by atoms with Crippen molar-refractivity contribution in [1.82, 2.24) is 20.1 Å². The number of piperidine rings is 1. The van der Waals surface area contributed by atoms with Crippen LogP contribution in [0.2, 0.25) is 0 Å². The van der Waals surface area contributed by atoms with Crippen LogP contribution in [0, 0.1) is 11.6 Å². The van der Waals surface area contributed by atoms with Gasteiger partial charge in [0.05, 0.1) is 19.2 Å². The molecule has 2 aromatic heterocycles. The van der Waals surface area contributed by atoms with E-state index in [1.165, 1.54) is 55.7 Å². The van der Waals surface area contributed by atoms with Gasteiger partial charge < -0.3 is 28.8 Å². The number of fused-ring (bicyclic) bond motifs is 1. The Balaban J connectivity index is 1.11. The minimum Gasteiger partial charge on any atom is -0.493 e. The topological polar surface area (TPSA) is 112 Å². The van der Waals surface area contributed by atoms with E-state index >= 15 is 4.39 Å². The summed E-state index contributed by atoms with van der Waals surface area (Å²) in [5.74, 6) is -0.596. The van der Waals surface area contributed by atoms with Gasteiger partial charge >= 0.3 is 0 Å². The first-order valence-electron chi connectivity index (χ1n) is 16.1. The molecule has 1 unspecified atom stereocenters. The Bertz CT molecular complexity index is 1860. The van der Waals surface area contributed by atoms with Gasteiger partial charge in [-0.25, -0.2) is 8.78 Å². The van der Waals surface area contributed by atoms with Gasteiger partial charge in [0.15, 0.2) is 23.1 Å². The van der Waals surface area contributed by atoms with Gasteiger partial charge in [-0.15, -0.1) is 10.2 Å². The van der Waals surface area contributed by atoms with Crippen molar-refractivity contribution >= 4 is 22.5 Å². The average molecular weight is 658 g/mol. The number of hydrogen-bond donors (Lipinski definition) is 1. The fraction of sp³-hybridized carbons (Fsp3) is 0.333. The van der Waals surface area contributed by atoms with Crippen LogP contribution < -0.4 is 19.5 Å². The maximum atomic E-state index is 15.3. The highest BCUT2D eigenvalue weighted by Gasteiger charge is 2.26. The molecule has 0 spiro atoms. The number of pyridine rings is 1. The zero-order valence-electron chi connectivity index (χ0n) is 26.9. The molecule has 3 heterocycles. The molecule has 1 aliphatic rings. The molecular weight excluding hydrogens is 620 g/mol. The summed E-state index contributed by atoms with van der Waals surface area (Å²) < 4.78 is 52.0. The quantitative estimate of drug-likeness (QED) is 0.127. The summed E-state index contributed by atoms with van der Waals surface area (Å²) in [5, 5.41) is 11.3. The van der Waals surface area contributed by atoms with E-state index in [0.29, 0.717) is 46.7 Å². The van der Waals surface area contributed by atoms with Gasteiger partial charge in [0.2, 0.25) is 17.7 Å². The van der Waals surface area contributed by atoms with Crippen molar-refractivity contribution in [2.75, 3.05) is 38.7 Å². The van der Waals surface area contributed by atoms with Gasteiger partial charge in [0, 0.05) is 41.5 Å². The molecule has 1 atom stereocenters. The third-order valence-corrected chi connectivity index (χ3v) is 8.29. The van der Waals surface area contributed by atoms with Gasteiger partial charge in [-0.2, -0.15) is 0 Å². The third-order valence-electron chi connectivity index (χ3n) is 8.29. The number of rotatable bonds is 13. The van der Waals surface area contributed by atoms with Crippen molar-refractivity contribution in [2.45, 2.75) is 44.9 Å². The number of likely N-dealkylation sites (tertiary alicyclic amines) is 1. The first kappa shape index (κ1) is 32.8. The first-order valence-corrected chi connectivity index (χ1v) is 16.1. The zero-order valence-corrected chi connectivity index (χ0v) is 26.9. The number of aromatic nitrogens is 3. The number of benzene rings is 3. The number of anilines is 1. The number of nitrogens with one attached hydrogen (secondary N) is 1. The van der Waals surface area contributed by atoms with Crippen LogP contribution in [-0.2, 0) is 4.79 Å². The van der Waals surface area contributed by atoms with Crippen LogP contribution in [0.4, 0.5) is 14.5 Å². The van der Waals surface area contributed by atoms with Gasteiger partial charge in [-0.05, 0) is 87.3 Å². The lowest BCUT2D eigenvalue weighted by atomic mass is 10.1. The maximum absolute atomic E-state index is 15.3. The minimum atomic E-state index is -0.785. The number of halogens is 2. The molecule has 1 N–H and O–H groups in total. The second-order valence-electron chi connectivity index (χ2n) is 11.6. The number of carbonyl (C=O) groups is 1. The molecule has 0 bridgehead atoms. The predicted octanol–water partition coefficient (Wildman–Crippen LogP) is 7.75. The van der Waals surface area contributed by atoms with Crippen molar-refractivity contribution in [3.05, 3.63) is 84.4 Å². The Morgan fingerprint density at radius 3 is 2.52 bits per heavy atom.